The Bertz CT molecular complexity index is 259. The highest BCUT2D eigenvalue weighted by atomic mass is 32.2. The third-order valence-corrected chi connectivity index (χ3v) is 4.96. The first-order valence-electron chi connectivity index (χ1n) is 9.92. The quantitative estimate of drug-likeness (QED) is 0.266. The SMILES string of the molecule is CCCCCCCCCCCCCCOS(=O)OC(C)CCC. The minimum absolute atomic E-state index is 0.0165. The first-order valence-corrected chi connectivity index (χ1v) is 10.9. The molecule has 0 saturated carbocycles. The van der Waals surface area contributed by atoms with Crippen LogP contribution in [0.3, 0.4) is 0 Å². The molecular weight excluding hydrogens is 308 g/mol. The summed E-state index contributed by atoms with van der Waals surface area (Å²) in [6.07, 6.45) is 17.8. The van der Waals surface area contributed by atoms with E-state index in [1.165, 1.54) is 64.2 Å². The molecule has 23 heavy (non-hydrogen) atoms. The zero-order valence-corrected chi connectivity index (χ0v) is 16.6. The van der Waals surface area contributed by atoms with E-state index in [1.807, 2.05) is 6.92 Å². The molecule has 0 aliphatic heterocycles. The normalized spacial score (nSPS) is 14.0. The second-order valence-electron chi connectivity index (χ2n) is 6.61. The molecule has 0 rings (SSSR count). The van der Waals surface area contributed by atoms with Crippen molar-refractivity contribution in [2.75, 3.05) is 6.61 Å². The van der Waals surface area contributed by atoms with Crippen LogP contribution in [0, 0.1) is 0 Å². The van der Waals surface area contributed by atoms with Crippen molar-refractivity contribution in [3.8, 4) is 0 Å². The third kappa shape index (κ3) is 18.3. The van der Waals surface area contributed by atoms with E-state index in [0.29, 0.717) is 6.61 Å². The van der Waals surface area contributed by atoms with E-state index in [9.17, 15) is 4.21 Å². The Labute approximate surface area is 147 Å². The van der Waals surface area contributed by atoms with Crippen molar-refractivity contribution in [3.05, 3.63) is 0 Å². The summed E-state index contributed by atoms with van der Waals surface area (Å²) in [4.78, 5) is 0. The molecule has 0 bridgehead atoms. The summed E-state index contributed by atoms with van der Waals surface area (Å²) in [7, 11) is 0. The first kappa shape index (κ1) is 23.1. The maximum atomic E-state index is 11.5. The van der Waals surface area contributed by atoms with Gasteiger partial charge in [-0.25, -0.2) is 0 Å². The lowest BCUT2D eigenvalue weighted by Gasteiger charge is -2.10. The molecule has 0 fully saturated rings. The fourth-order valence-corrected chi connectivity index (χ4v) is 3.36. The van der Waals surface area contributed by atoms with Gasteiger partial charge in [0.2, 0.25) is 0 Å². The van der Waals surface area contributed by atoms with Gasteiger partial charge in [-0.2, -0.15) is 4.21 Å². The average molecular weight is 349 g/mol. The van der Waals surface area contributed by atoms with E-state index in [0.717, 1.165) is 25.7 Å². The second-order valence-corrected chi connectivity index (χ2v) is 7.45. The van der Waals surface area contributed by atoms with Crippen molar-refractivity contribution in [2.24, 2.45) is 0 Å². The number of unbranched alkanes of at least 4 members (excludes halogenated alkanes) is 11. The van der Waals surface area contributed by atoms with Gasteiger partial charge in [0.05, 0.1) is 12.7 Å². The smallest absolute Gasteiger partial charge is 0.268 e. The van der Waals surface area contributed by atoms with Crippen molar-refractivity contribution in [1.29, 1.82) is 0 Å². The number of hydrogen-bond donors (Lipinski definition) is 0. The van der Waals surface area contributed by atoms with Crippen molar-refractivity contribution < 1.29 is 12.6 Å². The average Bonchev–Trinajstić information content (AvgIpc) is 2.52. The Balaban J connectivity index is 3.17. The number of rotatable bonds is 18. The van der Waals surface area contributed by atoms with Gasteiger partial charge >= 0.3 is 11.4 Å². The van der Waals surface area contributed by atoms with Gasteiger partial charge in [-0.05, 0) is 19.8 Å². The maximum Gasteiger partial charge on any atom is 0.304 e. The molecule has 2 atom stereocenters. The summed E-state index contributed by atoms with van der Waals surface area (Å²) in [6, 6.07) is 0. The van der Waals surface area contributed by atoms with Crippen LogP contribution in [0.25, 0.3) is 0 Å². The molecule has 0 radical (unpaired) electrons. The van der Waals surface area contributed by atoms with Crippen LogP contribution in [0.15, 0.2) is 0 Å². The van der Waals surface area contributed by atoms with Gasteiger partial charge in [-0.1, -0.05) is 90.9 Å². The number of hydrogen-bond acceptors (Lipinski definition) is 3. The third-order valence-electron chi connectivity index (χ3n) is 4.12. The summed E-state index contributed by atoms with van der Waals surface area (Å²) < 4.78 is 21.9. The fourth-order valence-electron chi connectivity index (χ4n) is 2.69. The molecular formula is C19H40O3S. The molecule has 0 aromatic carbocycles. The van der Waals surface area contributed by atoms with Gasteiger partial charge in [0.1, 0.15) is 0 Å². The second kappa shape index (κ2) is 18.4. The van der Waals surface area contributed by atoms with Crippen LogP contribution >= 0.6 is 0 Å². The van der Waals surface area contributed by atoms with Gasteiger partial charge in [0, 0.05) is 0 Å². The highest BCUT2D eigenvalue weighted by Gasteiger charge is 2.07. The zero-order valence-electron chi connectivity index (χ0n) is 15.8. The zero-order chi connectivity index (χ0) is 17.2. The molecule has 0 amide bonds. The molecule has 0 aliphatic rings. The molecule has 0 spiro atoms. The van der Waals surface area contributed by atoms with Crippen molar-refractivity contribution >= 4 is 11.4 Å². The minimum Gasteiger partial charge on any atom is -0.268 e. The topological polar surface area (TPSA) is 35.5 Å². The summed E-state index contributed by atoms with van der Waals surface area (Å²) in [6.45, 7) is 6.84. The molecule has 0 aliphatic carbocycles. The van der Waals surface area contributed by atoms with E-state index in [2.05, 4.69) is 13.8 Å². The monoisotopic (exact) mass is 348 g/mol. The van der Waals surface area contributed by atoms with Gasteiger partial charge in [0.15, 0.2) is 0 Å². The van der Waals surface area contributed by atoms with Gasteiger partial charge in [0.25, 0.3) is 0 Å². The van der Waals surface area contributed by atoms with Crippen LogP contribution in [0.5, 0.6) is 0 Å². The van der Waals surface area contributed by atoms with Crippen LogP contribution in [0.4, 0.5) is 0 Å². The highest BCUT2D eigenvalue weighted by molar-refractivity contribution is 7.75. The Kier molecular flexibility index (Phi) is 18.5. The van der Waals surface area contributed by atoms with E-state index in [4.69, 9.17) is 8.37 Å². The maximum absolute atomic E-state index is 11.5. The molecule has 0 heterocycles. The first-order chi connectivity index (χ1) is 11.2. The van der Waals surface area contributed by atoms with E-state index < -0.39 is 11.4 Å². The Morgan fingerprint density at radius 3 is 1.70 bits per heavy atom. The Morgan fingerprint density at radius 2 is 1.22 bits per heavy atom. The summed E-state index contributed by atoms with van der Waals surface area (Å²) in [5.74, 6) is 0. The van der Waals surface area contributed by atoms with E-state index in [1.54, 1.807) is 0 Å². The van der Waals surface area contributed by atoms with Crippen LogP contribution in [0.2, 0.25) is 0 Å². The van der Waals surface area contributed by atoms with Crippen LogP contribution in [-0.2, 0) is 19.7 Å². The Morgan fingerprint density at radius 1 is 0.739 bits per heavy atom. The lowest BCUT2D eigenvalue weighted by atomic mass is 10.1. The van der Waals surface area contributed by atoms with E-state index >= 15 is 0 Å². The van der Waals surface area contributed by atoms with Crippen molar-refractivity contribution in [2.45, 2.75) is 117 Å². The molecule has 0 aromatic heterocycles. The minimum atomic E-state index is -1.57. The summed E-state index contributed by atoms with van der Waals surface area (Å²) in [5, 5.41) is 0. The molecule has 3 nitrogen and oxygen atoms in total. The van der Waals surface area contributed by atoms with Crippen LogP contribution in [-0.4, -0.2) is 16.9 Å². The molecule has 4 heteroatoms. The van der Waals surface area contributed by atoms with Crippen LogP contribution in [0.1, 0.15) is 111 Å². The van der Waals surface area contributed by atoms with E-state index in [-0.39, 0.29) is 6.10 Å². The standard InChI is InChI=1S/C19H40O3S/c1-4-6-7-8-9-10-11-12-13-14-15-16-18-21-23(20)22-19(3)17-5-2/h19H,4-18H2,1-3H3. The van der Waals surface area contributed by atoms with Gasteiger partial charge in [-0.15, -0.1) is 0 Å². The molecule has 0 N–H and O–H groups in total. The lowest BCUT2D eigenvalue weighted by molar-refractivity contribution is 0.185. The fraction of sp³-hybridized carbons (Fsp3) is 1.00. The predicted molar refractivity (Wildman–Crippen MR) is 101 cm³/mol. The summed E-state index contributed by atoms with van der Waals surface area (Å²) in [5.41, 5.74) is 0. The van der Waals surface area contributed by atoms with Crippen molar-refractivity contribution in [1.82, 2.24) is 0 Å². The Hall–Kier alpha value is 0.0700. The molecule has 0 aromatic rings. The highest BCUT2D eigenvalue weighted by Crippen LogP contribution is 2.12. The molecule has 0 saturated heterocycles. The van der Waals surface area contributed by atoms with Crippen LogP contribution < -0.4 is 0 Å². The molecule has 2 unspecified atom stereocenters. The van der Waals surface area contributed by atoms with Gasteiger partial charge < -0.3 is 0 Å². The molecule has 140 valence electrons. The van der Waals surface area contributed by atoms with Gasteiger partial charge in [-0.3, -0.25) is 8.37 Å². The van der Waals surface area contributed by atoms with Crippen molar-refractivity contribution in [3.63, 3.8) is 0 Å². The largest absolute Gasteiger partial charge is 0.304 e. The predicted octanol–water partition coefficient (Wildman–Crippen LogP) is 6.49. The lowest BCUT2D eigenvalue weighted by Crippen LogP contribution is -2.12. The summed E-state index contributed by atoms with van der Waals surface area (Å²) >= 11 is -1.57.